The second kappa shape index (κ2) is 4.39. The maximum Gasteiger partial charge on any atom is 0.215 e. The average Bonchev–Trinajstić information content (AvgIpc) is 2.11. The second-order valence-corrected chi connectivity index (χ2v) is 3.11. The topological polar surface area (TPSA) is 56.8 Å². The Labute approximate surface area is 78.4 Å². The first-order valence-electron chi connectivity index (χ1n) is 4.37. The molecule has 4 heteroatoms. The molecule has 2 atom stereocenters. The minimum absolute atomic E-state index is 0.0399. The Hall–Kier alpha value is -0.870. The third kappa shape index (κ3) is 2.82. The fourth-order valence-electron chi connectivity index (χ4n) is 0.963. The van der Waals surface area contributed by atoms with Gasteiger partial charge in [0.15, 0.2) is 0 Å². The largest absolute Gasteiger partial charge is 0.473 e. The van der Waals surface area contributed by atoms with Gasteiger partial charge in [0.25, 0.3) is 0 Å². The lowest BCUT2D eigenvalue weighted by Gasteiger charge is -2.28. The molecule has 13 heavy (non-hydrogen) atoms. The molecular weight excluding hydrogens is 168 g/mol. The molecule has 0 aromatic carbocycles. The fourth-order valence-corrected chi connectivity index (χ4v) is 0.963. The fraction of sp³-hybridized carbons (Fsp3) is 0.667. The maximum atomic E-state index is 5.48. The molecule has 0 amide bonds. The third-order valence-corrected chi connectivity index (χ3v) is 1.97. The molecular formula is C9H16N2O2. The lowest BCUT2D eigenvalue weighted by Crippen LogP contribution is -2.37. The van der Waals surface area contributed by atoms with Crippen molar-refractivity contribution in [3.63, 3.8) is 0 Å². The highest BCUT2D eigenvalue weighted by atomic mass is 16.6. The predicted molar refractivity (Wildman–Crippen MR) is 51.6 cm³/mol. The zero-order valence-corrected chi connectivity index (χ0v) is 8.12. The van der Waals surface area contributed by atoms with Gasteiger partial charge >= 0.3 is 0 Å². The van der Waals surface area contributed by atoms with Gasteiger partial charge in [-0.25, -0.2) is 4.99 Å². The Kier molecular flexibility index (Phi) is 3.45. The zero-order chi connectivity index (χ0) is 9.84. The van der Waals surface area contributed by atoms with E-state index in [1.807, 2.05) is 13.8 Å². The van der Waals surface area contributed by atoms with Gasteiger partial charge in [0.05, 0.1) is 11.8 Å². The SMILES string of the molecule is C=C(CN)N=C1COC(C)C(C)O1. The van der Waals surface area contributed by atoms with Crippen LogP contribution in [0.4, 0.5) is 0 Å². The van der Waals surface area contributed by atoms with E-state index < -0.39 is 0 Å². The molecule has 1 aliphatic rings. The van der Waals surface area contributed by atoms with E-state index in [9.17, 15) is 0 Å². The molecule has 2 N–H and O–H groups in total. The molecule has 0 radical (unpaired) electrons. The number of ether oxygens (including phenoxy) is 2. The van der Waals surface area contributed by atoms with Gasteiger partial charge < -0.3 is 15.2 Å². The molecule has 0 aromatic rings. The van der Waals surface area contributed by atoms with Crippen LogP contribution >= 0.6 is 0 Å². The summed E-state index contributed by atoms with van der Waals surface area (Å²) < 4.78 is 10.9. The first-order valence-corrected chi connectivity index (χ1v) is 4.37. The highest BCUT2D eigenvalue weighted by Crippen LogP contribution is 2.11. The van der Waals surface area contributed by atoms with E-state index in [0.29, 0.717) is 24.7 Å². The molecule has 1 fully saturated rings. The lowest BCUT2D eigenvalue weighted by molar-refractivity contribution is -0.0379. The van der Waals surface area contributed by atoms with Crippen LogP contribution in [0.15, 0.2) is 17.3 Å². The van der Waals surface area contributed by atoms with Gasteiger partial charge in [-0.3, -0.25) is 0 Å². The van der Waals surface area contributed by atoms with E-state index in [0.717, 1.165) is 0 Å². The molecule has 0 aromatic heterocycles. The molecule has 0 saturated carbocycles. The molecule has 1 heterocycles. The van der Waals surface area contributed by atoms with Crippen LogP contribution in [0.5, 0.6) is 0 Å². The summed E-state index contributed by atoms with van der Waals surface area (Å²) in [6.07, 6.45) is 0.156. The highest BCUT2D eigenvalue weighted by Gasteiger charge is 2.22. The monoisotopic (exact) mass is 184 g/mol. The van der Waals surface area contributed by atoms with Crippen molar-refractivity contribution in [3.05, 3.63) is 12.3 Å². The molecule has 1 saturated heterocycles. The molecule has 2 unspecified atom stereocenters. The quantitative estimate of drug-likeness (QED) is 0.686. The van der Waals surface area contributed by atoms with Crippen molar-refractivity contribution >= 4 is 5.90 Å². The number of hydrogen-bond donors (Lipinski definition) is 1. The van der Waals surface area contributed by atoms with Gasteiger partial charge in [-0.05, 0) is 13.8 Å². The normalized spacial score (nSPS) is 31.5. The van der Waals surface area contributed by atoms with Crippen molar-refractivity contribution in [2.75, 3.05) is 13.2 Å². The van der Waals surface area contributed by atoms with E-state index >= 15 is 0 Å². The van der Waals surface area contributed by atoms with Crippen LogP contribution < -0.4 is 5.73 Å². The van der Waals surface area contributed by atoms with Gasteiger partial charge in [0.1, 0.15) is 12.7 Å². The van der Waals surface area contributed by atoms with E-state index in [-0.39, 0.29) is 12.2 Å². The maximum absolute atomic E-state index is 5.48. The summed E-state index contributed by atoms with van der Waals surface area (Å²) in [5, 5.41) is 0. The Bertz CT molecular complexity index is 226. The summed E-state index contributed by atoms with van der Waals surface area (Å²) in [6.45, 7) is 8.33. The standard InChI is InChI=1S/C9H16N2O2/c1-6(4-10)11-9-5-12-7(2)8(3)13-9/h7-8H,1,4-5,10H2,2-3H3. The van der Waals surface area contributed by atoms with Crippen LogP contribution in [-0.4, -0.2) is 31.3 Å². The number of rotatable bonds is 2. The van der Waals surface area contributed by atoms with Crippen molar-refractivity contribution in [2.24, 2.45) is 10.7 Å². The first-order chi connectivity index (χ1) is 6.13. The van der Waals surface area contributed by atoms with Gasteiger partial charge in [-0.2, -0.15) is 0 Å². The second-order valence-electron chi connectivity index (χ2n) is 3.11. The lowest BCUT2D eigenvalue weighted by atomic mass is 10.2. The van der Waals surface area contributed by atoms with Crippen LogP contribution in [0.1, 0.15) is 13.8 Å². The van der Waals surface area contributed by atoms with Gasteiger partial charge in [0, 0.05) is 6.54 Å². The zero-order valence-electron chi connectivity index (χ0n) is 8.12. The summed E-state index contributed by atoms with van der Waals surface area (Å²) in [7, 11) is 0. The summed E-state index contributed by atoms with van der Waals surface area (Å²) in [5.41, 5.74) is 5.96. The van der Waals surface area contributed by atoms with E-state index in [4.69, 9.17) is 15.2 Å². The Balaban J connectivity index is 2.54. The Morgan fingerprint density at radius 2 is 2.31 bits per heavy atom. The minimum atomic E-state index is 0.0399. The van der Waals surface area contributed by atoms with Gasteiger partial charge in [-0.1, -0.05) is 6.58 Å². The Morgan fingerprint density at radius 3 is 2.85 bits per heavy atom. The minimum Gasteiger partial charge on any atom is -0.473 e. The average molecular weight is 184 g/mol. The summed E-state index contributed by atoms with van der Waals surface area (Å²) in [6, 6.07) is 0. The van der Waals surface area contributed by atoms with Crippen LogP contribution in [-0.2, 0) is 9.47 Å². The third-order valence-electron chi connectivity index (χ3n) is 1.97. The smallest absolute Gasteiger partial charge is 0.215 e. The van der Waals surface area contributed by atoms with Gasteiger partial charge in [-0.15, -0.1) is 0 Å². The van der Waals surface area contributed by atoms with Crippen LogP contribution in [0.3, 0.4) is 0 Å². The molecule has 0 bridgehead atoms. The van der Waals surface area contributed by atoms with Crippen molar-refractivity contribution in [3.8, 4) is 0 Å². The molecule has 1 aliphatic heterocycles. The molecule has 0 spiro atoms. The highest BCUT2D eigenvalue weighted by molar-refractivity contribution is 5.79. The predicted octanol–water partition coefficient (Wildman–Crippen LogP) is 0.681. The van der Waals surface area contributed by atoms with E-state index in [1.54, 1.807) is 0 Å². The van der Waals surface area contributed by atoms with E-state index in [2.05, 4.69) is 11.6 Å². The molecule has 74 valence electrons. The van der Waals surface area contributed by atoms with Crippen molar-refractivity contribution in [2.45, 2.75) is 26.1 Å². The van der Waals surface area contributed by atoms with Gasteiger partial charge in [0.2, 0.25) is 5.90 Å². The number of nitrogens with two attached hydrogens (primary N) is 1. The summed E-state index contributed by atoms with van der Waals surface area (Å²) >= 11 is 0. The molecule has 1 rings (SSSR count). The Morgan fingerprint density at radius 1 is 1.62 bits per heavy atom. The number of aliphatic imine (C=N–C) groups is 1. The van der Waals surface area contributed by atoms with Crippen molar-refractivity contribution < 1.29 is 9.47 Å². The van der Waals surface area contributed by atoms with Crippen LogP contribution in [0.25, 0.3) is 0 Å². The van der Waals surface area contributed by atoms with Crippen LogP contribution in [0.2, 0.25) is 0 Å². The van der Waals surface area contributed by atoms with Crippen molar-refractivity contribution in [1.82, 2.24) is 0 Å². The van der Waals surface area contributed by atoms with Crippen molar-refractivity contribution in [1.29, 1.82) is 0 Å². The summed E-state index contributed by atoms with van der Waals surface area (Å²) in [5.74, 6) is 0.570. The number of nitrogens with zero attached hydrogens (tertiary/aromatic N) is 1. The molecule has 4 nitrogen and oxygen atoms in total. The summed E-state index contributed by atoms with van der Waals surface area (Å²) in [4.78, 5) is 4.09. The molecule has 0 aliphatic carbocycles. The number of hydrogen-bond acceptors (Lipinski definition) is 4. The van der Waals surface area contributed by atoms with Crippen LogP contribution in [0, 0.1) is 0 Å². The van der Waals surface area contributed by atoms with E-state index in [1.165, 1.54) is 0 Å². The first kappa shape index (κ1) is 10.2.